The first-order valence-corrected chi connectivity index (χ1v) is 12.8. The van der Waals surface area contributed by atoms with E-state index < -0.39 is 0 Å². The van der Waals surface area contributed by atoms with Crippen LogP contribution in [0.3, 0.4) is 0 Å². The number of hydrogen-bond donors (Lipinski definition) is 2. The maximum Gasteiger partial charge on any atom is 0.250 e. The summed E-state index contributed by atoms with van der Waals surface area (Å²) in [6.45, 7) is 5.52. The Kier molecular flexibility index (Phi) is 6.13. The highest BCUT2D eigenvalue weighted by atomic mass is 32.2. The van der Waals surface area contributed by atoms with Gasteiger partial charge >= 0.3 is 0 Å². The van der Waals surface area contributed by atoms with E-state index in [0.29, 0.717) is 19.8 Å². The second kappa shape index (κ2) is 9.72. The van der Waals surface area contributed by atoms with Crippen LogP contribution < -0.4 is 20.5 Å². The molecule has 4 heterocycles. The van der Waals surface area contributed by atoms with E-state index in [-0.39, 0.29) is 5.56 Å². The molecule has 0 unspecified atom stereocenters. The standard InChI is InChI=1S/C28H26N4O3S/c1-18-4-2-5-20(30-18)17-29-19-8-9-24-26(14-19)36-25-7-3-6-22(28(25)35-24)23-15-21(16-27(33)31-23)32-10-12-34-13-11-32/h2-9,14-16,29H,10-13,17H2,1H3,(H,31,33). The number of hydrogen-bond acceptors (Lipinski definition) is 7. The quantitative estimate of drug-likeness (QED) is 0.334. The number of ether oxygens (including phenoxy) is 2. The highest BCUT2D eigenvalue weighted by Gasteiger charge is 2.23. The molecule has 36 heavy (non-hydrogen) atoms. The summed E-state index contributed by atoms with van der Waals surface area (Å²) in [6.07, 6.45) is 0. The third kappa shape index (κ3) is 4.69. The first kappa shape index (κ1) is 22.7. The van der Waals surface area contributed by atoms with Crippen LogP contribution in [0.2, 0.25) is 0 Å². The summed E-state index contributed by atoms with van der Waals surface area (Å²) < 4.78 is 11.9. The minimum atomic E-state index is -0.130. The van der Waals surface area contributed by atoms with Gasteiger partial charge in [-0.1, -0.05) is 23.9 Å². The average Bonchev–Trinajstić information content (AvgIpc) is 2.90. The number of nitrogens with one attached hydrogen (secondary N) is 2. The van der Waals surface area contributed by atoms with Crippen molar-refractivity contribution in [2.24, 2.45) is 0 Å². The van der Waals surface area contributed by atoms with Crippen LogP contribution in [0.1, 0.15) is 11.4 Å². The first-order valence-electron chi connectivity index (χ1n) is 12.0. The molecule has 2 aromatic heterocycles. The molecule has 0 radical (unpaired) electrons. The molecule has 0 saturated carbocycles. The second-order valence-electron chi connectivity index (χ2n) is 8.84. The van der Waals surface area contributed by atoms with E-state index in [2.05, 4.69) is 26.3 Å². The number of pyridine rings is 2. The Morgan fingerprint density at radius 3 is 2.75 bits per heavy atom. The highest BCUT2D eigenvalue weighted by molar-refractivity contribution is 7.99. The van der Waals surface area contributed by atoms with E-state index in [1.807, 2.05) is 61.5 Å². The molecule has 182 valence electrons. The summed E-state index contributed by atoms with van der Waals surface area (Å²) in [6, 6.07) is 21.9. The molecule has 0 amide bonds. The van der Waals surface area contributed by atoms with E-state index in [1.54, 1.807) is 17.8 Å². The van der Waals surface area contributed by atoms with Crippen molar-refractivity contribution in [3.63, 3.8) is 0 Å². The van der Waals surface area contributed by atoms with Crippen molar-refractivity contribution in [3.05, 3.63) is 88.5 Å². The van der Waals surface area contributed by atoms with Gasteiger partial charge in [0, 0.05) is 41.8 Å². The van der Waals surface area contributed by atoms with Crippen molar-refractivity contribution in [2.75, 3.05) is 36.5 Å². The lowest BCUT2D eigenvalue weighted by atomic mass is 10.1. The molecule has 0 aliphatic carbocycles. The minimum Gasteiger partial charge on any atom is -0.454 e. The van der Waals surface area contributed by atoms with Gasteiger partial charge in [-0.3, -0.25) is 9.78 Å². The zero-order chi connectivity index (χ0) is 24.5. The Hall–Kier alpha value is -3.75. The monoisotopic (exact) mass is 498 g/mol. The van der Waals surface area contributed by atoms with Gasteiger partial charge in [-0.25, -0.2) is 0 Å². The summed E-state index contributed by atoms with van der Waals surface area (Å²) in [5, 5.41) is 3.46. The Balaban J connectivity index is 1.26. The summed E-state index contributed by atoms with van der Waals surface area (Å²) in [4.78, 5) is 24.3. The molecular weight excluding hydrogens is 472 g/mol. The molecular formula is C28H26N4O3S. The molecule has 2 aliphatic rings. The minimum absolute atomic E-state index is 0.130. The summed E-state index contributed by atoms with van der Waals surface area (Å²) in [5.41, 5.74) is 5.40. The lowest BCUT2D eigenvalue weighted by molar-refractivity contribution is 0.122. The molecule has 1 fully saturated rings. The Morgan fingerprint density at radius 2 is 1.89 bits per heavy atom. The van der Waals surface area contributed by atoms with Crippen LogP contribution in [-0.2, 0) is 11.3 Å². The van der Waals surface area contributed by atoms with Crippen LogP contribution in [0, 0.1) is 6.92 Å². The lowest BCUT2D eigenvalue weighted by Gasteiger charge is -2.29. The van der Waals surface area contributed by atoms with Crippen molar-refractivity contribution < 1.29 is 9.47 Å². The van der Waals surface area contributed by atoms with Crippen molar-refractivity contribution >= 4 is 23.1 Å². The summed E-state index contributed by atoms with van der Waals surface area (Å²) in [7, 11) is 0. The van der Waals surface area contributed by atoms with E-state index in [9.17, 15) is 4.79 Å². The number of rotatable bonds is 5. The van der Waals surface area contributed by atoms with E-state index in [0.717, 1.165) is 68.4 Å². The fraction of sp³-hybridized carbons (Fsp3) is 0.214. The smallest absolute Gasteiger partial charge is 0.250 e. The molecule has 6 rings (SSSR count). The SMILES string of the molecule is Cc1cccc(CNc2ccc3c(c2)Sc2cccc(-c4cc(N5CCOCC5)cc(=O)[nH]4)c2O3)n1. The number of aromatic amines is 1. The fourth-order valence-electron chi connectivity index (χ4n) is 4.49. The number of morpholine rings is 1. The number of fused-ring (bicyclic) bond motifs is 2. The fourth-order valence-corrected chi connectivity index (χ4v) is 5.52. The van der Waals surface area contributed by atoms with Crippen LogP contribution in [-0.4, -0.2) is 36.3 Å². The molecule has 8 heteroatoms. The molecule has 1 saturated heterocycles. The lowest BCUT2D eigenvalue weighted by Crippen LogP contribution is -2.36. The molecule has 4 aromatic rings. The average molecular weight is 499 g/mol. The van der Waals surface area contributed by atoms with Gasteiger partial charge in [-0.2, -0.15) is 0 Å². The molecule has 0 atom stereocenters. The van der Waals surface area contributed by atoms with E-state index in [1.165, 1.54) is 0 Å². The van der Waals surface area contributed by atoms with Gasteiger partial charge in [-0.15, -0.1) is 0 Å². The number of aromatic nitrogens is 2. The van der Waals surface area contributed by atoms with Crippen molar-refractivity contribution in [3.8, 4) is 22.8 Å². The van der Waals surface area contributed by atoms with Gasteiger partial charge in [0.2, 0.25) is 5.56 Å². The highest BCUT2D eigenvalue weighted by Crippen LogP contribution is 2.51. The number of H-pyrrole nitrogens is 1. The predicted octanol–water partition coefficient (Wildman–Crippen LogP) is 5.45. The molecule has 7 nitrogen and oxygen atoms in total. The number of benzene rings is 2. The Morgan fingerprint density at radius 1 is 1.03 bits per heavy atom. The molecule has 2 aliphatic heterocycles. The van der Waals surface area contributed by atoms with Crippen molar-refractivity contribution in [1.82, 2.24) is 9.97 Å². The van der Waals surface area contributed by atoms with E-state index >= 15 is 0 Å². The normalized spacial score (nSPS) is 14.5. The predicted molar refractivity (Wildman–Crippen MR) is 142 cm³/mol. The molecule has 0 spiro atoms. The Labute approximate surface area is 213 Å². The summed E-state index contributed by atoms with van der Waals surface area (Å²) >= 11 is 1.67. The summed E-state index contributed by atoms with van der Waals surface area (Å²) in [5.74, 6) is 1.56. The number of nitrogens with zero attached hydrogens (tertiary/aromatic N) is 2. The third-order valence-corrected chi connectivity index (χ3v) is 7.35. The van der Waals surface area contributed by atoms with Gasteiger partial charge in [0.25, 0.3) is 0 Å². The molecule has 2 aromatic carbocycles. The first-order chi connectivity index (χ1) is 17.6. The van der Waals surface area contributed by atoms with Gasteiger partial charge in [0.05, 0.1) is 40.9 Å². The number of anilines is 2. The molecule has 0 bridgehead atoms. The van der Waals surface area contributed by atoms with Gasteiger partial charge in [-0.05, 0) is 55.5 Å². The zero-order valence-corrected chi connectivity index (χ0v) is 20.7. The largest absolute Gasteiger partial charge is 0.454 e. The van der Waals surface area contributed by atoms with Crippen LogP contribution >= 0.6 is 11.8 Å². The van der Waals surface area contributed by atoms with Crippen LogP contribution in [0.5, 0.6) is 11.5 Å². The van der Waals surface area contributed by atoms with Crippen molar-refractivity contribution in [2.45, 2.75) is 23.3 Å². The maximum atomic E-state index is 12.5. The van der Waals surface area contributed by atoms with Crippen molar-refractivity contribution in [1.29, 1.82) is 0 Å². The van der Waals surface area contributed by atoms with Crippen LogP contribution in [0.15, 0.2) is 81.3 Å². The molecule has 2 N–H and O–H groups in total. The number of para-hydroxylation sites is 1. The van der Waals surface area contributed by atoms with E-state index in [4.69, 9.17) is 9.47 Å². The number of aryl methyl sites for hydroxylation is 1. The Bertz CT molecular complexity index is 1480. The topological polar surface area (TPSA) is 79.5 Å². The van der Waals surface area contributed by atoms with Gasteiger partial charge < -0.3 is 24.7 Å². The second-order valence-corrected chi connectivity index (χ2v) is 9.92. The van der Waals surface area contributed by atoms with Gasteiger partial charge in [0.1, 0.15) is 5.75 Å². The third-order valence-electron chi connectivity index (χ3n) is 6.27. The van der Waals surface area contributed by atoms with Gasteiger partial charge in [0.15, 0.2) is 5.75 Å². The van der Waals surface area contributed by atoms with Crippen LogP contribution in [0.4, 0.5) is 11.4 Å². The zero-order valence-electron chi connectivity index (χ0n) is 19.9. The van der Waals surface area contributed by atoms with Crippen LogP contribution in [0.25, 0.3) is 11.3 Å². The maximum absolute atomic E-state index is 12.5.